The van der Waals surface area contributed by atoms with Gasteiger partial charge in [-0.1, -0.05) is 6.07 Å². The maximum atomic E-state index is 9.71. The number of aliphatic hydroxyl groups is 1. The average Bonchev–Trinajstić information content (AvgIpc) is 2.41. The molecule has 1 aromatic carbocycles. The van der Waals surface area contributed by atoms with Gasteiger partial charge in [-0.3, -0.25) is 4.98 Å². The van der Waals surface area contributed by atoms with Crippen LogP contribution >= 0.6 is 0 Å². The van der Waals surface area contributed by atoms with E-state index in [0.29, 0.717) is 22.6 Å². The van der Waals surface area contributed by atoms with E-state index in [1.54, 1.807) is 37.4 Å². The van der Waals surface area contributed by atoms with Gasteiger partial charge in [-0.05, 0) is 38.1 Å². The van der Waals surface area contributed by atoms with Gasteiger partial charge in [0.1, 0.15) is 11.5 Å². The monoisotopic (exact) mass is 254 g/mol. The first kappa shape index (κ1) is 13.1. The zero-order valence-corrected chi connectivity index (χ0v) is 10.8. The van der Waals surface area contributed by atoms with Gasteiger partial charge >= 0.3 is 0 Å². The predicted octanol–water partition coefficient (Wildman–Crippen LogP) is 3.11. The lowest BCUT2D eigenvalue weighted by atomic mass is 10.1. The second kappa shape index (κ2) is 5.51. The van der Waals surface area contributed by atoms with Crippen molar-refractivity contribution in [1.82, 2.24) is 4.98 Å². The van der Waals surface area contributed by atoms with Crippen LogP contribution in [0.1, 0.15) is 29.8 Å². The van der Waals surface area contributed by atoms with E-state index in [4.69, 9.17) is 10.00 Å². The Kier molecular flexibility index (Phi) is 3.79. The van der Waals surface area contributed by atoms with Crippen LogP contribution in [0.2, 0.25) is 0 Å². The van der Waals surface area contributed by atoms with Gasteiger partial charge in [-0.2, -0.15) is 5.26 Å². The number of aryl methyl sites for hydroxylation is 1. The summed E-state index contributed by atoms with van der Waals surface area (Å²) in [4.78, 5) is 4.14. The first-order valence-corrected chi connectivity index (χ1v) is 5.93. The van der Waals surface area contributed by atoms with E-state index in [9.17, 15) is 5.11 Å². The summed E-state index contributed by atoms with van der Waals surface area (Å²) in [6.07, 6.45) is 0.946. The second-order valence-corrected chi connectivity index (χ2v) is 4.28. The van der Waals surface area contributed by atoms with Crippen molar-refractivity contribution in [3.8, 4) is 17.6 Å². The molecule has 4 nitrogen and oxygen atoms in total. The molecule has 1 heterocycles. The Morgan fingerprint density at radius 3 is 2.68 bits per heavy atom. The van der Waals surface area contributed by atoms with Crippen LogP contribution in [0.25, 0.3) is 0 Å². The Morgan fingerprint density at radius 1 is 1.32 bits per heavy atom. The number of aliphatic hydroxyl groups excluding tert-OH is 1. The van der Waals surface area contributed by atoms with Crippen molar-refractivity contribution in [2.24, 2.45) is 0 Å². The Balaban J connectivity index is 2.37. The molecule has 1 N–H and O–H groups in total. The number of hydrogen-bond donors (Lipinski definition) is 1. The van der Waals surface area contributed by atoms with Crippen molar-refractivity contribution < 1.29 is 9.84 Å². The van der Waals surface area contributed by atoms with E-state index in [1.807, 2.05) is 13.0 Å². The van der Waals surface area contributed by atoms with Crippen molar-refractivity contribution in [3.05, 3.63) is 53.3 Å². The molecule has 0 bridgehead atoms. The number of nitriles is 1. The van der Waals surface area contributed by atoms with Crippen LogP contribution in [0.3, 0.4) is 0 Å². The van der Waals surface area contributed by atoms with Crippen molar-refractivity contribution >= 4 is 0 Å². The molecule has 0 saturated heterocycles. The number of ether oxygens (including phenoxy) is 1. The molecule has 0 spiro atoms. The average molecular weight is 254 g/mol. The number of nitrogens with zero attached hydrogens (tertiary/aromatic N) is 2. The molecule has 1 aromatic heterocycles. The van der Waals surface area contributed by atoms with E-state index in [-0.39, 0.29) is 0 Å². The van der Waals surface area contributed by atoms with Gasteiger partial charge in [0, 0.05) is 11.3 Å². The van der Waals surface area contributed by atoms with E-state index < -0.39 is 6.10 Å². The minimum absolute atomic E-state index is 0.472. The van der Waals surface area contributed by atoms with E-state index in [1.165, 1.54) is 0 Å². The molecule has 0 aliphatic rings. The number of rotatable bonds is 3. The van der Waals surface area contributed by atoms with Crippen LogP contribution in [0.4, 0.5) is 0 Å². The fourth-order valence-corrected chi connectivity index (χ4v) is 1.68. The highest BCUT2D eigenvalue weighted by Crippen LogP contribution is 2.30. The summed E-state index contributed by atoms with van der Waals surface area (Å²) in [5.74, 6) is 1.04. The fraction of sp³-hybridized carbons (Fsp3) is 0.200. The zero-order valence-electron chi connectivity index (χ0n) is 10.8. The van der Waals surface area contributed by atoms with Gasteiger partial charge in [0.25, 0.3) is 0 Å². The summed E-state index contributed by atoms with van der Waals surface area (Å²) < 4.78 is 5.69. The van der Waals surface area contributed by atoms with Crippen LogP contribution in [0.5, 0.6) is 11.5 Å². The molecule has 96 valence electrons. The molecular formula is C15H14N2O2. The third kappa shape index (κ3) is 3.09. The van der Waals surface area contributed by atoms with Crippen molar-refractivity contribution in [3.63, 3.8) is 0 Å². The first-order chi connectivity index (χ1) is 9.10. The van der Waals surface area contributed by atoms with Crippen LogP contribution < -0.4 is 4.74 Å². The summed E-state index contributed by atoms with van der Waals surface area (Å²) in [6.45, 7) is 3.54. The first-order valence-electron chi connectivity index (χ1n) is 5.93. The summed E-state index contributed by atoms with van der Waals surface area (Å²) >= 11 is 0. The zero-order chi connectivity index (χ0) is 13.8. The van der Waals surface area contributed by atoms with Crippen LogP contribution in [-0.2, 0) is 0 Å². The maximum Gasteiger partial charge on any atom is 0.145 e. The molecule has 19 heavy (non-hydrogen) atoms. The standard InChI is InChI=1S/C15H14N2O2/c1-10-3-5-13(9-17-10)19-15-7-12(8-16)4-6-14(15)11(2)18/h3-7,9,11,18H,1-2H3. The Bertz CT molecular complexity index is 613. The minimum atomic E-state index is -0.666. The van der Waals surface area contributed by atoms with Crippen LogP contribution in [0, 0.1) is 18.3 Å². The Morgan fingerprint density at radius 2 is 2.11 bits per heavy atom. The molecule has 1 unspecified atom stereocenters. The lowest BCUT2D eigenvalue weighted by Gasteiger charge is -2.13. The van der Waals surface area contributed by atoms with Gasteiger partial charge < -0.3 is 9.84 Å². The van der Waals surface area contributed by atoms with Crippen LogP contribution in [-0.4, -0.2) is 10.1 Å². The highest BCUT2D eigenvalue weighted by atomic mass is 16.5. The smallest absolute Gasteiger partial charge is 0.145 e. The molecule has 4 heteroatoms. The molecule has 0 radical (unpaired) electrons. The molecule has 0 aliphatic carbocycles. The van der Waals surface area contributed by atoms with E-state index in [0.717, 1.165) is 5.69 Å². The highest BCUT2D eigenvalue weighted by molar-refractivity contribution is 5.45. The molecule has 0 fully saturated rings. The number of hydrogen-bond acceptors (Lipinski definition) is 4. The largest absolute Gasteiger partial charge is 0.455 e. The maximum absolute atomic E-state index is 9.71. The summed E-state index contributed by atoms with van der Waals surface area (Å²) in [5.41, 5.74) is 2.02. The van der Waals surface area contributed by atoms with Gasteiger partial charge in [-0.25, -0.2) is 0 Å². The fourth-order valence-electron chi connectivity index (χ4n) is 1.68. The molecule has 0 saturated carbocycles. The Labute approximate surface area is 111 Å². The SMILES string of the molecule is Cc1ccc(Oc2cc(C#N)ccc2C(C)O)cn1. The van der Waals surface area contributed by atoms with Crippen molar-refractivity contribution in [2.75, 3.05) is 0 Å². The number of pyridine rings is 1. The van der Waals surface area contributed by atoms with Gasteiger partial charge in [-0.15, -0.1) is 0 Å². The van der Waals surface area contributed by atoms with Crippen LogP contribution in [0.15, 0.2) is 36.5 Å². The van der Waals surface area contributed by atoms with Gasteiger partial charge in [0.2, 0.25) is 0 Å². The number of aromatic nitrogens is 1. The Hall–Kier alpha value is -2.38. The topological polar surface area (TPSA) is 66.1 Å². The quantitative estimate of drug-likeness (QED) is 0.913. The molecule has 2 aromatic rings. The molecule has 2 rings (SSSR count). The third-order valence-electron chi connectivity index (χ3n) is 2.70. The molecule has 0 aliphatic heterocycles. The summed E-state index contributed by atoms with van der Waals surface area (Å²) in [6, 6.07) is 10.7. The molecule has 1 atom stereocenters. The normalized spacial score (nSPS) is 11.7. The lowest BCUT2D eigenvalue weighted by Crippen LogP contribution is -1.97. The lowest BCUT2D eigenvalue weighted by molar-refractivity contribution is 0.195. The summed E-state index contributed by atoms with van der Waals surface area (Å²) in [5, 5.41) is 18.6. The number of benzene rings is 1. The van der Waals surface area contributed by atoms with Gasteiger partial charge in [0.15, 0.2) is 0 Å². The minimum Gasteiger partial charge on any atom is -0.455 e. The highest BCUT2D eigenvalue weighted by Gasteiger charge is 2.11. The van der Waals surface area contributed by atoms with E-state index >= 15 is 0 Å². The predicted molar refractivity (Wildman–Crippen MR) is 70.8 cm³/mol. The van der Waals surface area contributed by atoms with E-state index in [2.05, 4.69) is 11.1 Å². The summed E-state index contributed by atoms with van der Waals surface area (Å²) in [7, 11) is 0. The van der Waals surface area contributed by atoms with Gasteiger partial charge in [0.05, 0.1) is 23.9 Å². The second-order valence-electron chi connectivity index (χ2n) is 4.28. The third-order valence-corrected chi connectivity index (χ3v) is 2.70. The molecular weight excluding hydrogens is 240 g/mol. The van der Waals surface area contributed by atoms with Crippen molar-refractivity contribution in [2.45, 2.75) is 20.0 Å². The molecule has 0 amide bonds. The van der Waals surface area contributed by atoms with Crippen molar-refractivity contribution in [1.29, 1.82) is 5.26 Å².